The van der Waals surface area contributed by atoms with E-state index in [4.69, 9.17) is 4.43 Å². The quantitative estimate of drug-likeness (QED) is 0.434. The summed E-state index contributed by atoms with van der Waals surface area (Å²) in [6, 6.07) is 0. The molecule has 0 fully saturated rings. The van der Waals surface area contributed by atoms with Gasteiger partial charge in [0.05, 0.1) is 7.11 Å². The van der Waals surface area contributed by atoms with Crippen LogP contribution >= 0.6 is 0 Å². The van der Waals surface area contributed by atoms with Crippen LogP contribution in [0.5, 0.6) is 0 Å². The normalized spacial score (nSPS) is 12.6. The number of carbonyl (C=O) groups excluding carboxylic acids is 2. The minimum absolute atomic E-state index is 0.0399. The molecule has 0 spiro atoms. The molecule has 0 unspecified atom stereocenters. The van der Waals surface area contributed by atoms with Gasteiger partial charge in [-0.25, -0.2) is 9.59 Å². The Morgan fingerprint density at radius 2 is 1.50 bits per heavy atom. The molecule has 5 heteroatoms. The van der Waals surface area contributed by atoms with Crippen LogP contribution in [0.15, 0.2) is 12.2 Å². The average Bonchev–Trinajstić information content (AvgIpc) is 2.11. The van der Waals surface area contributed by atoms with Gasteiger partial charge in [0.1, 0.15) is 0 Å². The fourth-order valence-electron chi connectivity index (χ4n) is 0.643. The maximum atomic E-state index is 11.4. The molecule has 0 N–H and O–H groups in total. The number of hydrogen-bond donors (Lipinski definition) is 0. The lowest BCUT2D eigenvalue weighted by molar-refractivity contribution is -0.136. The Hall–Kier alpha value is -1.10. The van der Waals surface area contributed by atoms with Gasteiger partial charge < -0.3 is 9.16 Å². The molecular weight excluding hydrogens is 224 g/mol. The van der Waals surface area contributed by atoms with Gasteiger partial charge in [0.25, 0.3) is 8.32 Å². The Labute approximate surface area is 97.8 Å². The molecule has 0 saturated carbocycles. The third-order valence-electron chi connectivity index (χ3n) is 2.72. The molecule has 0 aromatic heterocycles. The first-order valence-electron chi connectivity index (χ1n) is 5.09. The van der Waals surface area contributed by atoms with Crippen molar-refractivity contribution in [3.63, 3.8) is 0 Å². The second-order valence-electron chi connectivity index (χ2n) is 5.04. The molecule has 0 aliphatic heterocycles. The molecule has 0 bridgehead atoms. The summed E-state index contributed by atoms with van der Waals surface area (Å²) >= 11 is 0. The van der Waals surface area contributed by atoms with Crippen molar-refractivity contribution < 1.29 is 18.8 Å². The largest absolute Gasteiger partial charge is 0.516 e. The summed E-state index contributed by atoms with van der Waals surface area (Å²) in [6.45, 7) is 10.1. The Balaban J connectivity index is 4.47. The zero-order chi connectivity index (χ0) is 13.0. The van der Waals surface area contributed by atoms with Gasteiger partial charge in [-0.15, -0.1) is 0 Å². The van der Waals surface area contributed by atoms with E-state index in [1.165, 1.54) is 7.11 Å². The van der Waals surface area contributed by atoms with Crippen molar-refractivity contribution in [3.8, 4) is 0 Å². The van der Waals surface area contributed by atoms with Crippen LogP contribution in [0, 0.1) is 0 Å². The second kappa shape index (κ2) is 5.29. The van der Waals surface area contributed by atoms with Crippen LogP contribution in [0.4, 0.5) is 0 Å². The summed E-state index contributed by atoms with van der Waals surface area (Å²) in [5, 5.41) is -0.0399. The first-order chi connectivity index (χ1) is 7.10. The Morgan fingerprint density at radius 3 is 1.88 bits per heavy atom. The van der Waals surface area contributed by atoms with Crippen LogP contribution in [0.2, 0.25) is 18.1 Å². The van der Waals surface area contributed by atoms with Gasteiger partial charge in [0, 0.05) is 12.2 Å². The molecule has 16 heavy (non-hydrogen) atoms. The smallest absolute Gasteiger partial charge is 0.330 e. The van der Waals surface area contributed by atoms with Gasteiger partial charge in [-0.05, 0) is 18.1 Å². The number of methoxy groups -OCH3 is 1. The minimum atomic E-state index is -2.10. The van der Waals surface area contributed by atoms with Gasteiger partial charge in [-0.2, -0.15) is 0 Å². The molecule has 0 saturated heterocycles. The summed E-state index contributed by atoms with van der Waals surface area (Å²) in [5.74, 6) is -1.05. The highest BCUT2D eigenvalue weighted by Crippen LogP contribution is 2.36. The van der Waals surface area contributed by atoms with Crippen LogP contribution in [-0.2, 0) is 18.8 Å². The zero-order valence-corrected chi connectivity index (χ0v) is 11.8. The van der Waals surface area contributed by atoms with E-state index in [2.05, 4.69) is 4.74 Å². The van der Waals surface area contributed by atoms with Crippen LogP contribution in [-0.4, -0.2) is 27.4 Å². The van der Waals surface area contributed by atoms with E-state index in [-0.39, 0.29) is 5.04 Å². The molecular formula is C11H20O4Si. The second-order valence-corrected chi connectivity index (χ2v) is 9.76. The maximum Gasteiger partial charge on any atom is 0.330 e. The molecule has 0 amide bonds. The van der Waals surface area contributed by atoms with E-state index in [0.717, 1.165) is 12.2 Å². The molecule has 0 rings (SSSR count). The van der Waals surface area contributed by atoms with Crippen molar-refractivity contribution >= 4 is 20.3 Å². The third-order valence-corrected chi connectivity index (χ3v) is 7.04. The Bertz CT molecular complexity index is 300. The topological polar surface area (TPSA) is 52.6 Å². The van der Waals surface area contributed by atoms with E-state index in [0.29, 0.717) is 0 Å². The van der Waals surface area contributed by atoms with Crippen molar-refractivity contribution in [1.29, 1.82) is 0 Å². The number of hydrogen-bond acceptors (Lipinski definition) is 4. The molecule has 0 aromatic carbocycles. The van der Waals surface area contributed by atoms with E-state index >= 15 is 0 Å². The van der Waals surface area contributed by atoms with Gasteiger partial charge >= 0.3 is 11.9 Å². The summed E-state index contributed by atoms with van der Waals surface area (Å²) in [6.07, 6.45) is 2.17. The highest BCUT2D eigenvalue weighted by molar-refractivity contribution is 6.75. The van der Waals surface area contributed by atoms with Gasteiger partial charge in [-0.3, -0.25) is 0 Å². The van der Waals surface area contributed by atoms with E-state index in [1.54, 1.807) is 0 Å². The number of rotatable bonds is 3. The van der Waals surface area contributed by atoms with Crippen molar-refractivity contribution in [3.05, 3.63) is 12.2 Å². The van der Waals surface area contributed by atoms with Crippen LogP contribution in [0.25, 0.3) is 0 Å². The highest BCUT2D eigenvalue weighted by Gasteiger charge is 2.39. The molecule has 0 atom stereocenters. The van der Waals surface area contributed by atoms with Crippen molar-refractivity contribution in [2.75, 3.05) is 7.11 Å². The van der Waals surface area contributed by atoms with Crippen LogP contribution < -0.4 is 0 Å². The van der Waals surface area contributed by atoms with Crippen LogP contribution in [0.1, 0.15) is 20.8 Å². The maximum absolute atomic E-state index is 11.4. The van der Waals surface area contributed by atoms with Crippen molar-refractivity contribution in [1.82, 2.24) is 0 Å². The lowest BCUT2D eigenvalue weighted by Gasteiger charge is -2.34. The molecule has 4 nitrogen and oxygen atoms in total. The Kier molecular flexibility index (Phi) is 4.93. The lowest BCUT2D eigenvalue weighted by Crippen LogP contribution is -2.42. The first kappa shape index (κ1) is 14.9. The van der Waals surface area contributed by atoms with Gasteiger partial charge in [0.15, 0.2) is 0 Å². The fourth-order valence-corrected chi connectivity index (χ4v) is 1.52. The molecule has 92 valence electrons. The van der Waals surface area contributed by atoms with E-state index in [1.807, 2.05) is 33.9 Å². The average molecular weight is 244 g/mol. The SMILES string of the molecule is COC(=O)C=CC(=O)O[Si](C)(C)C(C)(C)C. The molecule has 0 radical (unpaired) electrons. The predicted molar refractivity (Wildman–Crippen MR) is 64.4 cm³/mol. The standard InChI is InChI=1S/C11H20O4Si/c1-11(2,3)16(5,6)15-10(13)8-7-9(12)14-4/h7-8H,1-6H3. The number of carbonyl (C=O) groups is 2. The summed E-state index contributed by atoms with van der Waals surface area (Å²) in [5.41, 5.74) is 0. The first-order valence-corrected chi connectivity index (χ1v) is 8.00. The molecule has 0 heterocycles. The highest BCUT2D eigenvalue weighted by atomic mass is 28.4. The zero-order valence-electron chi connectivity index (χ0n) is 10.8. The van der Waals surface area contributed by atoms with Gasteiger partial charge in [-0.1, -0.05) is 20.8 Å². The minimum Gasteiger partial charge on any atom is -0.516 e. The lowest BCUT2D eigenvalue weighted by atomic mass is 10.2. The summed E-state index contributed by atoms with van der Waals surface area (Å²) < 4.78 is 9.78. The van der Waals surface area contributed by atoms with Crippen LogP contribution in [0.3, 0.4) is 0 Å². The van der Waals surface area contributed by atoms with Crippen molar-refractivity contribution in [2.45, 2.75) is 38.9 Å². The molecule has 0 aliphatic carbocycles. The monoisotopic (exact) mass is 244 g/mol. The molecule has 0 aliphatic rings. The third kappa shape index (κ3) is 4.61. The Morgan fingerprint density at radius 1 is 1.06 bits per heavy atom. The fraction of sp³-hybridized carbons (Fsp3) is 0.636. The summed E-state index contributed by atoms with van der Waals surface area (Å²) in [7, 11) is -0.847. The molecule has 0 aromatic rings. The summed E-state index contributed by atoms with van der Waals surface area (Å²) in [4.78, 5) is 22.2. The van der Waals surface area contributed by atoms with E-state index in [9.17, 15) is 9.59 Å². The predicted octanol–water partition coefficient (Wildman–Crippen LogP) is 2.26. The van der Waals surface area contributed by atoms with E-state index < -0.39 is 20.3 Å². The van der Waals surface area contributed by atoms with Gasteiger partial charge in [0.2, 0.25) is 0 Å². The number of ether oxygens (including phenoxy) is 1. The number of esters is 1. The van der Waals surface area contributed by atoms with Crippen molar-refractivity contribution in [2.24, 2.45) is 0 Å².